The maximum atomic E-state index is 12.1. The predicted octanol–water partition coefficient (Wildman–Crippen LogP) is 2.09. The van der Waals surface area contributed by atoms with E-state index in [0.29, 0.717) is 12.3 Å². The third-order valence-electron chi connectivity index (χ3n) is 4.75. The van der Waals surface area contributed by atoms with Gasteiger partial charge in [-0.3, -0.25) is 14.5 Å². The van der Waals surface area contributed by atoms with Crippen LogP contribution in [-0.2, 0) is 22.7 Å². The van der Waals surface area contributed by atoms with Crippen LogP contribution >= 0.6 is 0 Å². The van der Waals surface area contributed by atoms with Gasteiger partial charge in [0.1, 0.15) is 5.75 Å². The smallest absolute Gasteiger partial charge is 0.258 e. The number of nitrogens with one attached hydrogen (secondary N) is 2. The van der Waals surface area contributed by atoms with Gasteiger partial charge in [-0.25, -0.2) is 0 Å². The van der Waals surface area contributed by atoms with Gasteiger partial charge in [-0.2, -0.15) is 0 Å². The molecule has 2 aromatic carbocycles. The van der Waals surface area contributed by atoms with Gasteiger partial charge in [0, 0.05) is 13.1 Å². The van der Waals surface area contributed by atoms with E-state index >= 15 is 0 Å². The lowest BCUT2D eigenvalue weighted by Crippen LogP contribution is -2.38. The highest BCUT2D eigenvalue weighted by atomic mass is 16.5. The molecular formula is C22H27N3O3. The van der Waals surface area contributed by atoms with Crippen LogP contribution in [0.15, 0.2) is 54.6 Å². The van der Waals surface area contributed by atoms with Crippen molar-refractivity contribution in [2.75, 3.05) is 26.2 Å². The maximum Gasteiger partial charge on any atom is 0.258 e. The van der Waals surface area contributed by atoms with E-state index in [1.807, 2.05) is 36.4 Å². The molecule has 0 saturated carbocycles. The predicted molar refractivity (Wildman–Crippen MR) is 108 cm³/mol. The first-order valence-electron chi connectivity index (χ1n) is 9.71. The van der Waals surface area contributed by atoms with Gasteiger partial charge in [-0.05, 0) is 49.2 Å². The second kappa shape index (κ2) is 10.5. The molecular weight excluding hydrogens is 354 g/mol. The average molecular weight is 381 g/mol. The summed E-state index contributed by atoms with van der Waals surface area (Å²) in [6.45, 7) is 3.47. The first-order valence-corrected chi connectivity index (χ1v) is 9.71. The molecule has 0 atom stereocenters. The van der Waals surface area contributed by atoms with Gasteiger partial charge in [-0.15, -0.1) is 0 Å². The van der Waals surface area contributed by atoms with Crippen molar-refractivity contribution in [1.82, 2.24) is 15.5 Å². The number of likely N-dealkylation sites (tertiary alicyclic amines) is 1. The van der Waals surface area contributed by atoms with E-state index < -0.39 is 0 Å². The molecule has 148 valence electrons. The fourth-order valence-electron chi connectivity index (χ4n) is 3.22. The number of carbonyl (C=O) groups is 2. The molecule has 0 aliphatic carbocycles. The van der Waals surface area contributed by atoms with Crippen LogP contribution < -0.4 is 15.4 Å². The molecule has 28 heavy (non-hydrogen) atoms. The van der Waals surface area contributed by atoms with Crippen molar-refractivity contribution in [2.24, 2.45) is 0 Å². The Morgan fingerprint density at radius 2 is 1.54 bits per heavy atom. The number of hydrogen-bond donors (Lipinski definition) is 2. The molecule has 2 aromatic rings. The van der Waals surface area contributed by atoms with Gasteiger partial charge in [0.15, 0.2) is 6.61 Å². The summed E-state index contributed by atoms with van der Waals surface area (Å²) in [6, 6.07) is 17.3. The van der Waals surface area contributed by atoms with Gasteiger partial charge in [0.05, 0.1) is 6.54 Å². The van der Waals surface area contributed by atoms with E-state index in [-0.39, 0.29) is 25.0 Å². The number of ether oxygens (including phenoxy) is 1. The minimum Gasteiger partial charge on any atom is -0.484 e. The van der Waals surface area contributed by atoms with Crippen molar-refractivity contribution in [3.8, 4) is 5.75 Å². The standard InChI is InChI=1S/C22H27N3O3/c26-21(15-24-22(27)17-28-20-10-2-1-3-11-20)23-14-18-8-4-5-9-19(18)16-25-12-6-7-13-25/h1-5,8-11H,6-7,12-17H2,(H,23,26)(H,24,27). The molecule has 0 radical (unpaired) electrons. The molecule has 1 heterocycles. The van der Waals surface area contributed by atoms with Crippen LogP contribution in [0.2, 0.25) is 0 Å². The van der Waals surface area contributed by atoms with E-state index in [9.17, 15) is 9.59 Å². The minimum absolute atomic E-state index is 0.0642. The quantitative estimate of drug-likeness (QED) is 0.698. The zero-order chi connectivity index (χ0) is 19.6. The van der Waals surface area contributed by atoms with Gasteiger partial charge in [0.2, 0.25) is 5.91 Å². The van der Waals surface area contributed by atoms with Crippen molar-refractivity contribution >= 4 is 11.8 Å². The van der Waals surface area contributed by atoms with E-state index in [4.69, 9.17) is 4.74 Å². The summed E-state index contributed by atoms with van der Waals surface area (Å²) in [5, 5.41) is 5.46. The molecule has 6 heteroatoms. The van der Waals surface area contributed by atoms with Crippen molar-refractivity contribution < 1.29 is 14.3 Å². The van der Waals surface area contributed by atoms with Gasteiger partial charge < -0.3 is 15.4 Å². The second-order valence-electron chi connectivity index (χ2n) is 6.91. The molecule has 1 aliphatic heterocycles. The number of nitrogens with zero attached hydrogens (tertiary/aromatic N) is 1. The van der Waals surface area contributed by atoms with E-state index in [2.05, 4.69) is 21.6 Å². The molecule has 2 amide bonds. The highest BCUT2D eigenvalue weighted by molar-refractivity contribution is 5.85. The fraction of sp³-hybridized carbons (Fsp3) is 0.364. The molecule has 1 aliphatic rings. The van der Waals surface area contributed by atoms with Gasteiger partial charge in [0.25, 0.3) is 5.91 Å². The highest BCUT2D eigenvalue weighted by Gasteiger charge is 2.14. The first-order chi connectivity index (χ1) is 13.7. The number of amides is 2. The Morgan fingerprint density at radius 1 is 0.857 bits per heavy atom. The normalized spacial score (nSPS) is 13.9. The monoisotopic (exact) mass is 381 g/mol. The number of hydrogen-bond acceptors (Lipinski definition) is 4. The lowest BCUT2D eigenvalue weighted by atomic mass is 10.1. The van der Waals surface area contributed by atoms with Crippen LogP contribution in [0.1, 0.15) is 24.0 Å². The Labute approximate surface area is 165 Å². The first kappa shape index (κ1) is 19.9. The largest absolute Gasteiger partial charge is 0.484 e. The summed E-state index contributed by atoms with van der Waals surface area (Å²) in [4.78, 5) is 26.3. The summed E-state index contributed by atoms with van der Waals surface area (Å²) < 4.78 is 5.36. The topological polar surface area (TPSA) is 70.7 Å². The molecule has 6 nitrogen and oxygen atoms in total. The van der Waals surface area contributed by atoms with E-state index in [0.717, 1.165) is 25.2 Å². The molecule has 0 unspecified atom stereocenters. The van der Waals surface area contributed by atoms with Crippen LogP contribution in [0.3, 0.4) is 0 Å². The van der Waals surface area contributed by atoms with Crippen LogP contribution in [0.25, 0.3) is 0 Å². The molecule has 0 bridgehead atoms. The van der Waals surface area contributed by atoms with E-state index in [1.165, 1.54) is 18.4 Å². The molecule has 0 spiro atoms. The van der Waals surface area contributed by atoms with Crippen molar-refractivity contribution in [3.05, 3.63) is 65.7 Å². The summed E-state index contributed by atoms with van der Waals surface area (Å²) >= 11 is 0. The minimum atomic E-state index is -0.326. The van der Waals surface area contributed by atoms with Crippen molar-refractivity contribution in [3.63, 3.8) is 0 Å². The molecule has 1 saturated heterocycles. The number of benzene rings is 2. The lowest BCUT2D eigenvalue weighted by Gasteiger charge is -2.17. The van der Waals surface area contributed by atoms with Gasteiger partial charge >= 0.3 is 0 Å². The summed E-state index contributed by atoms with van der Waals surface area (Å²) in [5.41, 5.74) is 2.35. The lowest BCUT2D eigenvalue weighted by molar-refractivity contribution is -0.127. The van der Waals surface area contributed by atoms with Crippen molar-refractivity contribution in [2.45, 2.75) is 25.9 Å². The zero-order valence-electron chi connectivity index (χ0n) is 16.0. The van der Waals surface area contributed by atoms with Crippen molar-refractivity contribution in [1.29, 1.82) is 0 Å². The van der Waals surface area contributed by atoms with Crippen LogP contribution in [0.5, 0.6) is 5.75 Å². The molecule has 1 fully saturated rings. The molecule has 2 N–H and O–H groups in total. The van der Waals surface area contributed by atoms with Crippen LogP contribution in [-0.4, -0.2) is 43.0 Å². The third-order valence-corrected chi connectivity index (χ3v) is 4.75. The summed E-state index contributed by atoms with van der Waals surface area (Å²) in [5.74, 6) is 0.0779. The molecule has 3 rings (SSSR count). The Morgan fingerprint density at radius 3 is 2.29 bits per heavy atom. The number of rotatable bonds is 9. The Kier molecular flexibility index (Phi) is 7.44. The van der Waals surface area contributed by atoms with Crippen LogP contribution in [0, 0.1) is 0 Å². The summed E-state index contributed by atoms with van der Waals surface area (Å²) in [7, 11) is 0. The Hall–Kier alpha value is -2.86. The third kappa shape index (κ3) is 6.39. The maximum absolute atomic E-state index is 12.1. The fourth-order valence-corrected chi connectivity index (χ4v) is 3.22. The average Bonchev–Trinajstić information content (AvgIpc) is 3.24. The number of carbonyl (C=O) groups excluding carboxylic acids is 2. The Balaban J connectivity index is 1.39. The van der Waals surface area contributed by atoms with E-state index in [1.54, 1.807) is 12.1 Å². The van der Waals surface area contributed by atoms with Crippen LogP contribution in [0.4, 0.5) is 0 Å². The highest BCUT2D eigenvalue weighted by Crippen LogP contribution is 2.16. The molecule has 0 aromatic heterocycles. The summed E-state index contributed by atoms with van der Waals surface area (Å²) in [6.07, 6.45) is 2.51. The number of para-hydroxylation sites is 1. The second-order valence-corrected chi connectivity index (χ2v) is 6.91. The zero-order valence-corrected chi connectivity index (χ0v) is 16.0. The SMILES string of the molecule is O=C(CNC(=O)COc1ccccc1)NCc1ccccc1CN1CCCC1. The van der Waals surface area contributed by atoms with Gasteiger partial charge in [-0.1, -0.05) is 42.5 Å². The Bertz CT molecular complexity index is 774.